The Morgan fingerprint density at radius 1 is 1.31 bits per heavy atom. The smallest absolute Gasteiger partial charge is 0.0693 e. The van der Waals surface area contributed by atoms with E-state index in [4.69, 9.17) is 0 Å². The van der Waals surface area contributed by atoms with Crippen LogP contribution in [0.5, 0.6) is 0 Å². The molecule has 0 aromatic heterocycles. The molecular formula is C10H22ClNO. The lowest BCUT2D eigenvalue weighted by Gasteiger charge is -2.42. The Morgan fingerprint density at radius 2 is 1.85 bits per heavy atom. The van der Waals surface area contributed by atoms with Crippen molar-refractivity contribution in [2.45, 2.75) is 45.8 Å². The van der Waals surface area contributed by atoms with Crippen molar-refractivity contribution in [3.63, 3.8) is 0 Å². The summed E-state index contributed by atoms with van der Waals surface area (Å²) in [5, 5.41) is 9.67. The second kappa shape index (κ2) is 4.63. The summed E-state index contributed by atoms with van der Waals surface area (Å²) >= 11 is 0. The number of aliphatic hydroxyl groups is 1. The molecule has 13 heavy (non-hydrogen) atoms. The van der Waals surface area contributed by atoms with Gasteiger partial charge in [-0.1, -0.05) is 6.92 Å². The minimum Gasteiger partial charge on any atom is -0.392 e. The van der Waals surface area contributed by atoms with Crippen LogP contribution in [0, 0.1) is 5.92 Å². The molecule has 2 nitrogen and oxygen atoms in total. The van der Waals surface area contributed by atoms with Gasteiger partial charge in [-0.3, -0.25) is 4.90 Å². The maximum absolute atomic E-state index is 9.67. The van der Waals surface area contributed by atoms with E-state index in [1.165, 1.54) is 0 Å². The van der Waals surface area contributed by atoms with Crippen LogP contribution in [-0.4, -0.2) is 34.7 Å². The summed E-state index contributed by atoms with van der Waals surface area (Å²) in [5.74, 6) is 0.476. The fourth-order valence-corrected chi connectivity index (χ4v) is 1.66. The molecule has 0 bridgehead atoms. The first-order valence-corrected chi connectivity index (χ1v) is 4.84. The minimum atomic E-state index is -0.127. The Bertz CT molecular complexity index is 155. The Balaban J connectivity index is 0.00000144. The number of hydrogen-bond donors (Lipinski definition) is 1. The maximum atomic E-state index is 9.67. The van der Waals surface area contributed by atoms with Gasteiger partial charge in [0, 0.05) is 12.1 Å². The van der Waals surface area contributed by atoms with Crippen molar-refractivity contribution < 1.29 is 5.11 Å². The molecule has 1 heterocycles. The molecular weight excluding hydrogens is 186 g/mol. The second-order valence-corrected chi connectivity index (χ2v) is 4.95. The Kier molecular flexibility index (Phi) is 4.70. The highest BCUT2D eigenvalue weighted by Gasteiger charge is 2.30. The van der Waals surface area contributed by atoms with E-state index < -0.39 is 0 Å². The van der Waals surface area contributed by atoms with Gasteiger partial charge in [0.05, 0.1) is 6.10 Å². The number of piperidine rings is 1. The van der Waals surface area contributed by atoms with Crippen molar-refractivity contribution in [2.24, 2.45) is 5.92 Å². The molecule has 1 N–H and O–H groups in total. The monoisotopic (exact) mass is 207 g/mol. The molecule has 0 aromatic rings. The molecule has 1 aliphatic rings. The summed E-state index contributed by atoms with van der Waals surface area (Å²) in [4.78, 5) is 2.36. The van der Waals surface area contributed by atoms with Gasteiger partial charge >= 0.3 is 0 Å². The van der Waals surface area contributed by atoms with Gasteiger partial charge in [-0.25, -0.2) is 0 Å². The molecule has 1 saturated heterocycles. The summed E-state index contributed by atoms with van der Waals surface area (Å²) in [6, 6.07) is 0. The zero-order valence-corrected chi connectivity index (χ0v) is 9.90. The SMILES string of the molecule is CC1CCN(C(C)(C)C)CC1O.Cl. The molecule has 80 valence electrons. The lowest BCUT2D eigenvalue weighted by molar-refractivity contribution is -0.00914. The van der Waals surface area contributed by atoms with Crippen molar-refractivity contribution in [1.29, 1.82) is 0 Å². The third kappa shape index (κ3) is 3.45. The van der Waals surface area contributed by atoms with Gasteiger partial charge in [0.25, 0.3) is 0 Å². The third-order valence-corrected chi connectivity index (χ3v) is 2.87. The van der Waals surface area contributed by atoms with Crippen molar-refractivity contribution in [1.82, 2.24) is 4.90 Å². The number of hydrogen-bond acceptors (Lipinski definition) is 2. The summed E-state index contributed by atoms with van der Waals surface area (Å²) in [6.45, 7) is 10.7. The molecule has 0 radical (unpaired) electrons. The highest BCUT2D eigenvalue weighted by molar-refractivity contribution is 5.85. The Morgan fingerprint density at radius 3 is 2.23 bits per heavy atom. The fourth-order valence-electron chi connectivity index (χ4n) is 1.66. The fraction of sp³-hybridized carbons (Fsp3) is 1.00. The van der Waals surface area contributed by atoms with E-state index in [9.17, 15) is 5.11 Å². The third-order valence-electron chi connectivity index (χ3n) is 2.87. The molecule has 0 aromatic carbocycles. The molecule has 1 fully saturated rings. The summed E-state index contributed by atoms with van der Waals surface area (Å²) < 4.78 is 0. The average Bonchev–Trinajstić information content (AvgIpc) is 1.92. The lowest BCUT2D eigenvalue weighted by Crippen LogP contribution is -2.51. The van der Waals surface area contributed by atoms with Gasteiger partial charge in [0.1, 0.15) is 0 Å². The van der Waals surface area contributed by atoms with Crippen LogP contribution in [0.4, 0.5) is 0 Å². The maximum Gasteiger partial charge on any atom is 0.0693 e. The van der Waals surface area contributed by atoms with Gasteiger partial charge in [-0.05, 0) is 39.7 Å². The van der Waals surface area contributed by atoms with Crippen molar-refractivity contribution in [2.75, 3.05) is 13.1 Å². The minimum absolute atomic E-state index is 0. The van der Waals surface area contributed by atoms with Gasteiger partial charge in [-0.2, -0.15) is 0 Å². The number of halogens is 1. The number of nitrogens with zero attached hydrogens (tertiary/aromatic N) is 1. The number of rotatable bonds is 0. The van der Waals surface area contributed by atoms with E-state index in [-0.39, 0.29) is 24.0 Å². The van der Waals surface area contributed by atoms with Crippen molar-refractivity contribution in [3.05, 3.63) is 0 Å². The summed E-state index contributed by atoms with van der Waals surface area (Å²) in [7, 11) is 0. The van der Waals surface area contributed by atoms with E-state index in [2.05, 4.69) is 32.6 Å². The van der Waals surface area contributed by atoms with Crippen LogP contribution >= 0.6 is 12.4 Å². The van der Waals surface area contributed by atoms with Gasteiger partial charge in [0.2, 0.25) is 0 Å². The average molecular weight is 208 g/mol. The van der Waals surface area contributed by atoms with Crippen LogP contribution in [0.15, 0.2) is 0 Å². The zero-order valence-electron chi connectivity index (χ0n) is 9.08. The van der Waals surface area contributed by atoms with E-state index >= 15 is 0 Å². The quantitative estimate of drug-likeness (QED) is 0.656. The molecule has 1 aliphatic heterocycles. The van der Waals surface area contributed by atoms with E-state index in [1.807, 2.05) is 0 Å². The predicted octanol–water partition coefficient (Wildman–Crippen LogP) is 1.91. The van der Waals surface area contributed by atoms with Crippen molar-refractivity contribution in [3.8, 4) is 0 Å². The topological polar surface area (TPSA) is 23.5 Å². The highest BCUT2D eigenvalue weighted by Crippen LogP contribution is 2.23. The standard InChI is InChI=1S/C10H21NO.ClH/c1-8-5-6-11(7-9(8)12)10(2,3)4;/h8-9,12H,5-7H2,1-4H3;1H. The van der Waals surface area contributed by atoms with Gasteiger partial charge in [-0.15, -0.1) is 12.4 Å². The van der Waals surface area contributed by atoms with Crippen LogP contribution in [0.25, 0.3) is 0 Å². The van der Waals surface area contributed by atoms with E-state index in [1.54, 1.807) is 0 Å². The van der Waals surface area contributed by atoms with Crippen LogP contribution in [-0.2, 0) is 0 Å². The van der Waals surface area contributed by atoms with Crippen LogP contribution < -0.4 is 0 Å². The molecule has 1 rings (SSSR count). The predicted molar refractivity (Wildman–Crippen MR) is 58.4 cm³/mol. The van der Waals surface area contributed by atoms with Crippen molar-refractivity contribution >= 4 is 12.4 Å². The lowest BCUT2D eigenvalue weighted by atomic mass is 9.92. The first-order valence-electron chi connectivity index (χ1n) is 4.84. The molecule has 0 spiro atoms. The highest BCUT2D eigenvalue weighted by atomic mass is 35.5. The molecule has 2 unspecified atom stereocenters. The second-order valence-electron chi connectivity index (χ2n) is 4.95. The number of likely N-dealkylation sites (tertiary alicyclic amines) is 1. The van der Waals surface area contributed by atoms with Crippen LogP contribution in [0.3, 0.4) is 0 Å². The van der Waals surface area contributed by atoms with E-state index in [0.717, 1.165) is 19.5 Å². The van der Waals surface area contributed by atoms with E-state index in [0.29, 0.717) is 5.92 Å². The number of β-amino-alcohol motifs (C(OH)–C–C–N with tert-alkyl or cyclic N) is 1. The van der Waals surface area contributed by atoms with Gasteiger partial charge < -0.3 is 5.11 Å². The Labute approximate surface area is 87.7 Å². The van der Waals surface area contributed by atoms with Crippen LogP contribution in [0.1, 0.15) is 34.1 Å². The number of aliphatic hydroxyl groups excluding tert-OH is 1. The molecule has 0 aliphatic carbocycles. The molecule has 0 saturated carbocycles. The molecule has 0 amide bonds. The first kappa shape index (κ1) is 13.2. The summed E-state index contributed by atoms with van der Waals surface area (Å²) in [6.07, 6.45) is 0.997. The zero-order chi connectivity index (χ0) is 9.35. The largest absolute Gasteiger partial charge is 0.392 e. The Hall–Kier alpha value is 0.210. The molecule has 2 atom stereocenters. The van der Waals surface area contributed by atoms with Gasteiger partial charge in [0.15, 0.2) is 0 Å². The first-order chi connectivity index (χ1) is 5.41. The van der Waals surface area contributed by atoms with Crippen LogP contribution in [0.2, 0.25) is 0 Å². The normalized spacial score (nSPS) is 31.2. The molecule has 3 heteroatoms. The summed E-state index contributed by atoms with van der Waals surface area (Å²) in [5.41, 5.74) is 0.209.